The van der Waals surface area contributed by atoms with Crippen molar-refractivity contribution in [2.45, 2.75) is 39.2 Å². The normalized spacial score (nSPS) is 15.1. The van der Waals surface area contributed by atoms with Crippen molar-refractivity contribution in [1.82, 2.24) is 5.32 Å². The predicted octanol–water partition coefficient (Wildman–Crippen LogP) is 2.01. The number of carboxylic acids is 1. The molecule has 2 rings (SSSR count). The Morgan fingerprint density at radius 1 is 1.21 bits per heavy atom. The number of hydrogen-bond donors (Lipinski definition) is 2. The Morgan fingerprint density at radius 3 is 2.53 bits per heavy atom. The third kappa shape index (κ3) is 2.95. The zero-order valence-corrected chi connectivity index (χ0v) is 11.3. The van der Waals surface area contributed by atoms with Gasteiger partial charge in [0, 0.05) is 5.56 Å². The molecule has 0 spiro atoms. The Hall–Kier alpha value is -1.84. The second kappa shape index (κ2) is 5.43. The van der Waals surface area contributed by atoms with E-state index in [4.69, 9.17) is 5.11 Å². The summed E-state index contributed by atoms with van der Waals surface area (Å²) in [6, 6.07) is 4.79. The van der Waals surface area contributed by atoms with E-state index in [1.54, 1.807) is 19.9 Å². The molecule has 19 heavy (non-hydrogen) atoms. The Morgan fingerprint density at radius 2 is 1.89 bits per heavy atom. The molecule has 0 radical (unpaired) electrons. The topological polar surface area (TPSA) is 66.4 Å². The average Bonchev–Trinajstić information content (AvgIpc) is 2.81. The number of carbonyl (C=O) groups excluding carboxylic acids is 1. The lowest BCUT2D eigenvalue weighted by Gasteiger charge is -2.18. The minimum absolute atomic E-state index is 0.143. The van der Waals surface area contributed by atoms with Crippen LogP contribution in [-0.2, 0) is 17.6 Å². The van der Waals surface area contributed by atoms with Crippen LogP contribution in [0.5, 0.6) is 0 Å². The Kier molecular flexibility index (Phi) is 3.88. The number of benzene rings is 1. The predicted molar refractivity (Wildman–Crippen MR) is 72.2 cm³/mol. The van der Waals surface area contributed by atoms with E-state index in [-0.39, 0.29) is 11.8 Å². The lowest BCUT2D eigenvalue weighted by atomic mass is 10.0. The van der Waals surface area contributed by atoms with Crippen LogP contribution in [0.15, 0.2) is 18.2 Å². The Balaban J connectivity index is 2.13. The maximum Gasteiger partial charge on any atom is 0.326 e. The van der Waals surface area contributed by atoms with E-state index in [2.05, 4.69) is 5.32 Å². The number of carbonyl (C=O) groups is 2. The van der Waals surface area contributed by atoms with Crippen LogP contribution in [0.2, 0.25) is 0 Å². The Bertz CT molecular complexity index is 508. The summed E-state index contributed by atoms with van der Waals surface area (Å²) >= 11 is 0. The lowest BCUT2D eigenvalue weighted by Crippen LogP contribution is -2.44. The quantitative estimate of drug-likeness (QED) is 0.871. The van der Waals surface area contributed by atoms with Crippen LogP contribution in [0.3, 0.4) is 0 Å². The van der Waals surface area contributed by atoms with Gasteiger partial charge in [-0.15, -0.1) is 0 Å². The first-order valence-electron chi connectivity index (χ1n) is 6.64. The first-order valence-corrected chi connectivity index (χ1v) is 6.64. The number of aliphatic carboxylic acids is 1. The van der Waals surface area contributed by atoms with E-state index in [1.807, 2.05) is 12.1 Å². The molecule has 0 aliphatic heterocycles. The smallest absolute Gasteiger partial charge is 0.326 e. The zero-order valence-electron chi connectivity index (χ0n) is 11.3. The SMILES string of the molecule is CC(C)[C@@H](NC(=O)c1ccc2c(c1)CCC2)C(=O)O. The fourth-order valence-corrected chi connectivity index (χ4v) is 2.45. The number of rotatable bonds is 4. The molecule has 0 heterocycles. The van der Waals surface area contributed by atoms with E-state index < -0.39 is 12.0 Å². The van der Waals surface area contributed by atoms with E-state index in [0.29, 0.717) is 5.56 Å². The highest BCUT2D eigenvalue weighted by Crippen LogP contribution is 2.22. The maximum atomic E-state index is 12.1. The van der Waals surface area contributed by atoms with Gasteiger partial charge in [-0.2, -0.15) is 0 Å². The maximum absolute atomic E-state index is 12.1. The standard InChI is InChI=1S/C15H19NO3/c1-9(2)13(15(18)19)16-14(17)12-7-6-10-4-3-5-11(10)8-12/h6-9,13H,3-5H2,1-2H3,(H,16,17)(H,18,19)/t13-/m1/s1. The number of nitrogens with one attached hydrogen (secondary N) is 1. The highest BCUT2D eigenvalue weighted by atomic mass is 16.4. The fourth-order valence-electron chi connectivity index (χ4n) is 2.45. The second-order valence-corrected chi connectivity index (χ2v) is 5.37. The molecule has 4 heteroatoms. The first kappa shape index (κ1) is 13.6. The van der Waals surface area contributed by atoms with E-state index in [1.165, 1.54) is 11.1 Å². The number of hydrogen-bond acceptors (Lipinski definition) is 2. The third-order valence-electron chi connectivity index (χ3n) is 3.58. The molecule has 0 fully saturated rings. The summed E-state index contributed by atoms with van der Waals surface area (Å²) in [6.45, 7) is 3.56. The average molecular weight is 261 g/mol. The van der Waals surface area contributed by atoms with Crippen molar-refractivity contribution in [3.8, 4) is 0 Å². The van der Waals surface area contributed by atoms with E-state index in [9.17, 15) is 9.59 Å². The van der Waals surface area contributed by atoms with Crippen LogP contribution >= 0.6 is 0 Å². The van der Waals surface area contributed by atoms with Gasteiger partial charge < -0.3 is 10.4 Å². The van der Waals surface area contributed by atoms with Crippen LogP contribution in [0.4, 0.5) is 0 Å². The molecular weight excluding hydrogens is 242 g/mol. The van der Waals surface area contributed by atoms with Crippen molar-refractivity contribution in [1.29, 1.82) is 0 Å². The molecule has 0 unspecified atom stereocenters. The summed E-state index contributed by atoms with van der Waals surface area (Å²) in [4.78, 5) is 23.2. The summed E-state index contributed by atoms with van der Waals surface area (Å²) in [5, 5.41) is 11.7. The molecule has 4 nitrogen and oxygen atoms in total. The van der Waals surface area contributed by atoms with Gasteiger partial charge in [-0.05, 0) is 48.4 Å². The Labute approximate surface area is 112 Å². The van der Waals surface area contributed by atoms with Crippen LogP contribution < -0.4 is 5.32 Å². The molecule has 1 amide bonds. The van der Waals surface area contributed by atoms with E-state index >= 15 is 0 Å². The number of carboxylic acid groups (broad SMARTS) is 1. The molecule has 2 N–H and O–H groups in total. The molecule has 102 valence electrons. The number of amides is 1. The molecular formula is C15H19NO3. The third-order valence-corrected chi connectivity index (χ3v) is 3.58. The van der Waals surface area contributed by atoms with Crippen molar-refractivity contribution >= 4 is 11.9 Å². The monoisotopic (exact) mass is 261 g/mol. The van der Waals surface area contributed by atoms with Crippen LogP contribution in [0, 0.1) is 5.92 Å². The molecule has 0 aromatic heterocycles. The van der Waals surface area contributed by atoms with Crippen molar-refractivity contribution in [3.05, 3.63) is 34.9 Å². The van der Waals surface area contributed by atoms with Gasteiger partial charge in [-0.3, -0.25) is 4.79 Å². The minimum Gasteiger partial charge on any atom is -0.480 e. The number of fused-ring (bicyclic) bond motifs is 1. The van der Waals surface area contributed by atoms with Gasteiger partial charge in [0.05, 0.1) is 0 Å². The summed E-state index contributed by atoms with van der Waals surface area (Å²) in [6.07, 6.45) is 3.20. The van der Waals surface area contributed by atoms with Gasteiger partial charge in [0.25, 0.3) is 5.91 Å². The molecule has 0 saturated carbocycles. The van der Waals surface area contributed by atoms with Crippen LogP contribution in [0.25, 0.3) is 0 Å². The molecule has 1 atom stereocenters. The van der Waals surface area contributed by atoms with Gasteiger partial charge in [0.1, 0.15) is 6.04 Å². The molecule has 0 bridgehead atoms. The molecule has 1 aliphatic carbocycles. The van der Waals surface area contributed by atoms with Gasteiger partial charge in [-0.1, -0.05) is 19.9 Å². The van der Waals surface area contributed by atoms with Crippen molar-refractivity contribution in [3.63, 3.8) is 0 Å². The van der Waals surface area contributed by atoms with Crippen molar-refractivity contribution in [2.75, 3.05) is 0 Å². The minimum atomic E-state index is -0.996. The second-order valence-electron chi connectivity index (χ2n) is 5.37. The van der Waals surface area contributed by atoms with Crippen LogP contribution in [-0.4, -0.2) is 23.0 Å². The lowest BCUT2D eigenvalue weighted by molar-refractivity contribution is -0.140. The van der Waals surface area contributed by atoms with Crippen molar-refractivity contribution in [2.24, 2.45) is 5.92 Å². The summed E-state index contributed by atoms with van der Waals surface area (Å²) in [5.41, 5.74) is 3.06. The van der Waals surface area contributed by atoms with E-state index in [0.717, 1.165) is 19.3 Å². The molecule has 1 aromatic carbocycles. The zero-order chi connectivity index (χ0) is 14.0. The van der Waals surface area contributed by atoms with Gasteiger partial charge >= 0.3 is 5.97 Å². The number of aryl methyl sites for hydroxylation is 2. The first-order chi connectivity index (χ1) is 8.99. The fraction of sp³-hybridized carbons (Fsp3) is 0.467. The van der Waals surface area contributed by atoms with Gasteiger partial charge in [0.15, 0.2) is 0 Å². The summed E-state index contributed by atoms with van der Waals surface area (Å²) in [7, 11) is 0. The van der Waals surface area contributed by atoms with Gasteiger partial charge in [-0.25, -0.2) is 4.79 Å². The highest BCUT2D eigenvalue weighted by Gasteiger charge is 2.24. The summed E-state index contributed by atoms with van der Waals surface area (Å²) in [5.74, 6) is -1.45. The molecule has 0 saturated heterocycles. The van der Waals surface area contributed by atoms with Crippen molar-refractivity contribution < 1.29 is 14.7 Å². The van der Waals surface area contributed by atoms with Gasteiger partial charge in [0.2, 0.25) is 0 Å². The largest absolute Gasteiger partial charge is 0.480 e. The highest BCUT2D eigenvalue weighted by molar-refractivity contribution is 5.96. The van der Waals surface area contributed by atoms with Crippen LogP contribution in [0.1, 0.15) is 41.8 Å². The molecule has 1 aliphatic rings. The molecule has 1 aromatic rings. The summed E-state index contributed by atoms with van der Waals surface area (Å²) < 4.78 is 0.